The maximum Gasteiger partial charge on any atom is 0.229 e. The fourth-order valence-corrected chi connectivity index (χ4v) is 5.78. The van der Waals surface area contributed by atoms with Gasteiger partial charge in [-0.25, -0.2) is 4.98 Å². The molecule has 3 aromatic rings. The summed E-state index contributed by atoms with van der Waals surface area (Å²) in [4.78, 5) is 12.4. The molecular weight excluding hydrogens is 400 g/mol. The highest BCUT2D eigenvalue weighted by atomic mass is 15.3. The smallest absolute Gasteiger partial charge is 0.229 e. The van der Waals surface area contributed by atoms with Crippen molar-refractivity contribution in [3.63, 3.8) is 0 Å². The van der Waals surface area contributed by atoms with Crippen molar-refractivity contribution in [1.82, 2.24) is 29.2 Å². The van der Waals surface area contributed by atoms with Crippen LogP contribution in [0.4, 0.5) is 17.5 Å². The van der Waals surface area contributed by atoms with Crippen molar-refractivity contribution in [2.24, 2.45) is 19.5 Å². The van der Waals surface area contributed by atoms with Crippen LogP contribution in [0.5, 0.6) is 0 Å². The van der Waals surface area contributed by atoms with E-state index >= 15 is 0 Å². The number of likely N-dealkylation sites (tertiary alicyclic amines) is 1. The predicted molar refractivity (Wildman–Crippen MR) is 127 cm³/mol. The van der Waals surface area contributed by atoms with Crippen LogP contribution in [0.1, 0.15) is 51.4 Å². The van der Waals surface area contributed by atoms with Gasteiger partial charge >= 0.3 is 0 Å². The average molecular weight is 435 g/mol. The van der Waals surface area contributed by atoms with Crippen LogP contribution in [-0.4, -0.2) is 54.4 Å². The quantitative estimate of drug-likeness (QED) is 0.631. The Balaban J connectivity index is 1.14. The van der Waals surface area contributed by atoms with Crippen LogP contribution >= 0.6 is 0 Å². The van der Waals surface area contributed by atoms with Gasteiger partial charge in [0.1, 0.15) is 5.52 Å². The number of hydrogen-bond donors (Lipinski definition) is 2. The lowest BCUT2D eigenvalue weighted by molar-refractivity contribution is 0.0975. The second-order valence-corrected chi connectivity index (χ2v) is 10.3. The molecule has 2 saturated carbocycles. The van der Waals surface area contributed by atoms with Gasteiger partial charge in [0.2, 0.25) is 5.95 Å². The van der Waals surface area contributed by atoms with E-state index in [2.05, 4.69) is 44.5 Å². The third kappa shape index (κ3) is 3.85. The Morgan fingerprint density at radius 3 is 2.47 bits per heavy atom. The first-order valence-corrected chi connectivity index (χ1v) is 12.2. The average Bonchev–Trinajstić information content (AvgIpc) is 3.24. The Morgan fingerprint density at radius 1 is 1.00 bits per heavy atom. The molecule has 2 aliphatic carbocycles. The highest BCUT2D eigenvalue weighted by Crippen LogP contribution is 2.54. The summed E-state index contributed by atoms with van der Waals surface area (Å²) in [5.74, 6) is 1.53. The largest absolute Gasteiger partial charge is 0.365 e. The SMILES string of the molecule is Cn1cc(Nc2nc(NC3CCC(N4CCC5(CC4)CC5)CC3)c3c(ccn3C)n2)cn1. The monoisotopic (exact) mass is 434 g/mol. The van der Waals surface area contributed by atoms with Crippen molar-refractivity contribution < 1.29 is 0 Å². The van der Waals surface area contributed by atoms with Crippen LogP contribution in [0.25, 0.3) is 11.0 Å². The van der Waals surface area contributed by atoms with E-state index in [1.807, 2.05) is 13.2 Å². The first-order chi connectivity index (χ1) is 15.6. The number of hydrogen-bond acceptors (Lipinski definition) is 6. The van der Waals surface area contributed by atoms with Crippen molar-refractivity contribution in [3.8, 4) is 0 Å². The van der Waals surface area contributed by atoms with E-state index in [9.17, 15) is 0 Å². The summed E-state index contributed by atoms with van der Waals surface area (Å²) >= 11 is 0. The molecule has 0 aromatic carbocycles. The predicted octanol–water partition coefficient (Wildman–Crippen LogP) is 4.04. The van der Waals surface area contributed by atoms with Gasteiger partial charge in [0.15, 0.2) is 5.82 Å². The zero-order valence-electron chi connectivity index (χ0n) is 19.2. The van der Waals surface area contributed by atoms with E-state index in [1.165, 1.54) is 64.5 Å². The fraction of sp³-hybridized carbons (Fsp3) is 0.625. The van der Waals surface area contributed by atoms with Gasteiger partial charge in [0.05, 0.1) is 17.4 Å². The molecule has 0 radical (unpaired) electrons. The number of rotatable bonds is 5. The molecule has 3 fully saturated rings. The van der Waals surface area contributed by atoms with Gasteiger partial charge in [0, 0.05) is 38.6 Å². The van der Waals surface area contributed by atoms with Crippen LogP contribution in [0.3, 0.4) is 0 Å². The van der Waals surface area contributed by atoms with E-state index in [0.717, 1.165) is 34.0 Å². The Hall–Kier alpha value is -2.61. The van der Waals surface area contributed by atoms with Gasteiger partial charge < -0.3 is 20.1 Å². The molecule has 0 unspecified atom stereocenters. The van der Waals surface area contributed by atoms with Crippen molar-refractivity contribution in [2.45, 2.75) is 63.5 Å². The molecule has 1 saturated heterocycles. The number of nitrogens with one attached hydrogen (secondary N) is 2. The standard InChI is InChI=1S/C24H34N8/c1-30-12-7-20-21(30)22(29-23(28-20)27-18-15-25-31(2)16-18)26-17-3-5-19(6-4-17)32-13-10-24(8-9-24)11-14-32/h7,12,15-17,19H,3-6,8-11,13-14H2,1-2H3,(H2,26,27,28,29). The molecule has 6 rings (SSSR count). The van der Waals surface area contributed by atoms with Crippen molar-refractivity contribution >= 4 is 28.5 Å². The van der Waals surface area contributed by atoms with Crippen molar-refractivity contribution in [2.75, 3.05) is 23.7 Å². The topological polar surface area (TPSA) is 75.8 Å². The Morgan fingerprint density at radius 2 is 1.78 bits per heavy atom. The van der Waals surface area contributed by atoms with Crippen LogP contribution in [0.15, 0.2) is 24.7 Å². The highest BCUT2D eigenvalue weighted by molar-refractivity contribution is 5.88. The molecule has 170 valence electrons. The lowest BCUT2D eigenvalue weighted by Crippen LogP contribution is -2.45. The lowest BCUT2D eigenvalue weighted by Gasteiger charge is -2.41. The summed E-state index contributed by atoms with van der Waals surface area (Å²) < 4.78 is 3.88. The van der Waals surface area contributed by atoms with E-state index in [1.54, 1.807) is 10.9 Å². The Bertz CT molecular complexity index is 1090. The number of aromatic nitrogens is 5. The first kappa shape index (κ1) is 20.0. The zero-order chi connectivity index (χ0) is 21.7. The summed E-state index contributed by atoms with van der Waals surface area (Å²) in [5.41, 5.74) is 3.68. The molecule has 3 aliphatic rings. The van der Waals surface area contributed by atoms with E-state index < -0.39 is 0 Å². The number of aryl methyl sites for hydroxylation is 2. The second kappa shape index (κ2) is 7.76. The summed E-state index contributed by atoms with van der Waals surface area (Å²) in [6, 6.07) is 3.29. The lowest BCUT2D eigenvalue weighted by atomic mass is 9.87. The number of fused-ring (bicyclic) bond motifs is 1. The summed E-state index contributed by atoms with van der Waals surface area (Å²) in [7, 11) is 3.97. The van der Waals surface area contributed by atoms with E-state index in [-0.39, 0.29) is 0 Å². The Labute approximate surface area is 189 Å². The molecule has 0 bridgehead atoms. The molecular formula is C24H34N8. The van der Waals surface area contributed by atoms with Crippen LogP contribution in [0.2, 0.25) is 0 Å². The van der Waals surface area contributed by atoms with Crippen molar-refractivity contribution in [3.05, 3.63) is 24.7 Å². The molecule has 4 heterocycles. The van der Waals surface area contributed by atoms with Gasteiger partial charge in [-0.2, -0.15) is 10.1 Å². The number of anilines is 3. The molecule has 0 amide bonds. The third-order valence-corrected chi connectivity index (χ3v) is 8.05. The number of piperidine rings is 1. The molecule has 3 aromatic heterocycles. The molecule has 1 aliphatic heterocycles. The summed E-state index contributed by atoms with van der Waals surface area (Å²) in [6.07, 6.45) is 16.6. The normalized spacial score (nSPS) is 25.3. The second-order valence-electron chi connectivity index (χ2n) is 10.3. The molecule has 2 N–H and O–H groups in total. The molecule has 8 nitrogen and oxygen atoms in total. The molecule has 0 atom stereocenters. The van der Waals surface area contributed by atoms with Gasteiger partial charge in [-0.15, -0.1) is 0 Å². The molecule has 32 heavy (non-hydrogen) atoms. The van der Waals surface area contributed by atoms with Crippen LogP contribution < -0.4 is 10.6 Å². The molecule has 8 heteroatoms. The van der Waals surface area contributed by atoms with Crippen molar-refractivity contribution in [1.29, 1.82) is 0 Å². The Kier molecular flexibility index (Phi) is 4.86. The van der Waals surface area contributed by atoms with Crippen LogP contribution in [-0.2, 0) is 14.1 Å². The molecule has 1 spiro atoms. The van der Waals surface area contributed by atoms with E-state index in [0.29, 0.717) is 12.0 Å². The minimum Gasteiger partial charge on any atom is -0.365 e. The minimum absolute atomic E-state index is 0.463. The highest BCUT2D eigenvalue weighted by Gasteiger charge is 2.45. The third-order valence-electron chi connectivity index (χ3n) is 8.05. The fourth-order valence-electron chi connectivity index (χ4n) is 5.78. The van der Waals surface area contributed by atoms with Crippen LogP contribution in [0, 0.1) is 5.41 Å². The van der Waals surface area contributed by atoms with Gasteiger partial charge in [-0.1, -0.05) is 0 Å². The van der Waals surface area contributed by atoms with Gasteiger partial charge in [-0.05, 0) is 75.9 Å². The number of nitrogens with zero attached hydrogens (tertiary/aromatic N) is 6. The van der Waals surface area contributed by atoms with E-state index in [4.69, 9.17) is 9.97 Å². The maximum atomic E-state index is 4.86. The minimum atomic E-state index is 0.463. The summed E-state index contributed by atoms with van der Waals surface area (Å²) in [5, 5.41) is 11.3. The first-order valence-electron chi connectivity index (χ1n) is 12.2. The van der Waals surface area contributed by atoms with Gasteiger partial charge in [0.25, 0.3) is 0 Å². The summed E-state index contributed by atoms with van der Waals surface area (Å²) in [6.45, 7) is 2.64. The maximum absolute atomic E-state index is 4.86. The van der Waals surface area contributed by atoms with Gasteiger partial charge in [-0.3, -0.25) is 4.68 Å². The zero-order valence-corrected chi connectivity index (χ0v) is 19.2.